The predicted molar refractivity (Wildman–Crippen MR) is 102 cm³/mol. The minimum absolute atomic E-state index is 0.344. The fourth-order valence-electron chi connectivity index (χ4n) is 2.33. The van der Waals surface area contributed by atoms with Crippen LogP contribution in [0, 0.1) is 19.8 Å². The fraction of sp³-hybridized carbons (Fsp3) is 0.333. The SMILES string of the molecule is Cc1ccc(NC(=O)COC(=O)c2cccc(OCC(C)C)c2)c(C)c1. The van der Waals surface area contributed by atoms with E-state index in [0.29, 0.717) is 29.5 Å². The molecule has 0 bridgehead atoms. The Bertz CT molecular complexity index is 783. The molecule has 2 rings (SSSR count). The molecule has 0 saturated carbocycles. The zero-order chi connectivity index (χ0) is 19.1. The maximum Gasteiger partial charge on any atom is 0.338 e. The predicted octanol–water partition coefficient (Wildman–Crippen LogP) is 4.13. The number of anilines is 1. The molecule has 0 aliphatic rings. The molecule has 2 aromatic rings. The Labute approximate surface area is 154 Å². The average molecular weight is 355 g/mol. The number of benzene rings is 2. The number of nitrogens with one attached hydrogen (secondary N) is 1. The number of hydrogen-bond acceptors (Lipinski definition) is 4. The Kier molecular flexibility index (Phi) is 6.78. The number of hydrogen-bond donors (Lipinski definition) is 1. The third-order valence-corrected chi connectivity index (χ3v) is 3.64. The molecular weight excluding hydrogens is 330 g/mol. The fourth-order valence-corrected chi connectivity index (χ4v) is 2.33. The molecule has 26 heavy (non-hydrogen) atoms. The molecular formula is C21H25NO4. The van der Waals surface area contributed by atoms with Crippen molar-refractivity contribution in [3.63, 3.8) is 0 Å². The van der Waals surface area contributed by atoms with Crippen LogP contribution in [0.5, 0.6) is 5.75 Å². The van der Waals surface area contributed by atoms with Crippen molar-refractivity contribution in [3.05, 3.63) is 59.2 Å². The van der Waals surface area contributed by atoms with Crippen LogP contribution in [-0.2, 0) is 9.53 Å². The molecule has 0 aliphatic carbocycles. The molecule has 0 heterocycles. The molecule has 0 atom stereocenters. The Morgan fingerprint density at radius 1 is 1.08 bits per heavy atom. The topological polar surface area (TPSA) is 64.6 Å². The van der Waals surface area contributed by atoms with Gasteiger partial charge in [0.25, 0.3) is 5.91 Å². The number of carbonyl (C=O) groups is 2. The number of rotatable bonds is 7. The van der Waals surface area contributed by atoms with Crippen molar-refractivity contribution >= 4 is 17.6 Å². The Morgan fingerprint density at radius 2 is 1.85 bits per heavy atom. The zero-order valence-corrected chi connectivity index (χ0v) is 15.7. The summed E-state index contributed by atoms with van der Waals surface area (Å²) < 4.78 is 10.7. The summed E-state index contributed by atoms with van der Waals surface area (Å²) in [5.74, 6) is 0.0562. The third-order valence-electron chi connectivity index (χ3n) is 3.64. The van der Waals surface area contributed by atoms with E-state index in [0.717, 1.165) is 11.1 Å². The first-order valence-electron chi connectivity index (χ1n) is 8.62. The molecule has 5 heteroatoms. The van der Waals surface area contributed by atoms with Crippen LogP contribution >= 0.6 is 0 Å². The van der Waals surface area contributed by atoms with Crippen molar-refractivity contribution in [3.8, 4) is 5.75 Å². The molecule has 1 N–H and O–H groups in total. The van der Waals surface area contributed by atoms with Gasteiger partial charge in [0.2, 0.25) is 0 Å². The molecule has 0 aromatic heterocycles. The number of amides is 1. The molecule has 138 valence electrons. The van der Waals surface area contributed by atoms with Gasteiger partial charge in [-0.2, -0.15) is 0 Å². The van der Waals surface area contributed by atoms with E-state index < -0.39 is 5.97 Å². The zero-order valence-electron chi connectivity index (χ0n) is 15.7. The first kappa shape index (κ1) is 19.5. The lowest BCUT2D eigenvalue weighted by molar-refractivity contribution is -0.119. The molecule has 0 saturated heterocycles. The quantitative estimate of drug-likeness (QED) is 0.758. The van der Waals surface area contributed by atoms with E-state index in [1.807, 2.05) is 45.9 Å². The van der Waals surface area contributed by atoms with Crippen molar-refractivity contribution in [2.24, 2.45) is 5.92 Å². The highest BCUT2D eigenvalue weighted by Gasteiger charge is 2.12. The lowest BCUT2D eigenvalue weighted by Gasteiger charge is -2.11. The van der Waals surface area contributed by atoms with Crippen LogP contribution in [-0.4, -0.2) is 25.1 Å². The highest BCUT2D eigenvalue weighted by atomic mass is 16.5. The van der Waals surface area contributed by atoms with Gasteiger partial charge >= 0.3 is 5.97 Å². The van der Waals surface area contributed by atoms with Gasteiger partial charge in [-0.3, -0.25) is 4.79 Å². The van der Waals surface area contributed by atoms with Crippen LogP contribution < -0.4 is 10.1 Å². The first-order valence-corrected chi connectivity index (χ1v) is 8.62. The van der Waals surface area contributed by atoms with E-state index >= 15 is 0 Å². The van der Waals surface area contributed by atoms with E-state index in [4.69, 9.17) is 9.47 Å². The summed E-state index contributed by atoms with van der Waals surface area (Å²) in [5, 5.41) is 2.75. The van der Waals surface area contributed by atoms with Crippen molar-refractivity contribution in [2.45, 2.75) is 27.7 Å². The van der Waals surface area contributed by atoms with Crippen LogP contribution in [0.3, 0.4) is 0 Å². The van der Waals surface area contributed by atoms with Crippen molar-refractivity contribution < 1.29 is 19.1 Å². The van der Waals surface area contributed by atoms with Crippen LogP contribution in [0.1, 0.15) is 35.3 Å². The Balaban J connectivity index is 1.89. The first-order chi connectivity index (χ1) is 12.3. The van der Waals surface area contributed by atoms with E-state index in [1.54, 1.807) is 24.3 Å². The van der Waals surface area contributed by atoms with Gasteiger partial charge in [0.1, 0.15) is 5.75 Å². The lowest BCUT2D eigenvalue weighted by atomic mass is 10.1. The van der Waals surface area contributed by atoms with Gasteiger partial charge in [-0.25, -0.2) is 4.79 Å². The van der Waals surface area contributed by atoms with Crippen LogP contribution in [0.15, 0.2) is 42.5 Å². The average Bonchev–Trinajstić information content (AvgIpc) is 2.60. The molecule has 0 spiro atoms. The molecule has 1 amide bonds. The molecule has 5 nitrogen and oxygen atoms in total. The van der Waals surface area contributed by atoms with Crippen LogP contribution in [0.2, 0.25) is 0 Å². The summed E-state index contributed by atoms with van der Waals surface area (Å²) in [6.45, 7) is 8.22. The van der Waals surface area contributed by atoms with Crippen LogP contribution in [0.4, 0.5) is 5.69 Å². The highest BCUT2D eigenvalue weighted by molar-refractivity contribution is 5.96. The van der Waals surface area contributed by atoms with Crippen molar-refractivity contribution in [1.29, 1.82) is 0 Å². The second-order valence-electron chi connectivity index (χ2n) is 6.68. The number of carbonyl (C=O) groups excluding carboxylic acids is 2. The number of aryl methyl sites for hydroxylation is 2. The van der Waals surface area contributed by atoms with E-state index in [-0.39, 0.29) is 12.5 Å². The van der Waals surface area contributed by atoms with Gasteiger partial charge in [0, 0.05) is 5.69 Å². The monoisotopic (exact) mass is 355 g/mol. The normalized spacial score (nSPS) is 10.5. The van der Waals surface area contributed by atoms with Gasteiger partial charge in [0.15, 0.2) is 6.61 Å². The lowest BCUT2D eigenvalue weighted by Crippen LogP contribution is -2.21. The van der Waals surface area contributed by atoms with Gasteiger partial charge in [0.05, 0.1) is 12.2 Å². The van der Waals surface area contributed by atoms with Gasteiger partial charge < -0.3 is 14.8 Å². The second kappa shape index (κ2) is 9.04. The maximum absolute atomic E-state index is 12.1. The van der Waals surface area contributed by atoms with Crippen LogP contribution in [0.25, 0.3) is 0 Å². The van der Waals surface area contributed by atoms with Crippen molar-refractivity contribution in [2.75, 3.05) is 18.5 Å². The van der Waals surface area contributed by atoms with Gasteiger partial charge in [-0.15, -0.1) is 0 Å². The number of ether oxygens (including phenoxy) is 2. The minimum Gasteiger partial charge on any atom is -0.493 e. The second-order valence-corrected chi connectivity index (χ2v) is 6.68. The molecule has 0 aliphatic heterocycles. The molecule has 0 radical (unpaired) electrons. The van der Waals surface area contributed by atoms with Gasteiger partial charge in [-0.05, 0) is 49.6 Å². The minimum atomic E-state index is -0.559. The van der Waals surface area contributed by atoms with E-state index in [1.165, 1.54) is 0 Å². The summed E-state index contributed by atoms with van der Waals surface area (Å²) in [7, 11) is 0. The molecule has 0 fully saturated rings. The third kappa shape index (κ3) is 5.92. The molecule has 0 unspecified atom stereocenters. The summed E-state index contributed by atoms with van der Waals surface area (Å²) in [4.78, 5) is 24.2. The summed E-state index contributed by atoms with van der Waals surface area (Å²) in [6.07, 6.45) is 0. The summed E-state index contributed by atoms with van der Waals surface area (Å²) in [6, 6.07) is 12.5. The Morgan fingerprint density at radius 3 is 2.54 bits per heavy atom. The molecule has 2 aromatic carbocycles. The number of esters is 1. The highest BCUT2D eigenvalue weighted by Crippen LogP contribution is 2.17. The maximum atomic E-state index is 12.1. The van der Waals surface area contributed by atoms with Crippen molar-refractivity contribution in [1.82, 2.24) is 0 Å². The smallest absolute Gasteiger partial charge is 0.338 e. The standard InChI is InChI=1S/C21H25NO4/c1-14(2)12-25-18-7-5-6-17(11-18)21(24)26-13-20(23)22-19-9-8-15(3)10-16(19)4/h5-11,14H,12-13H2,1-4H3,(H,22,23). The van der Waals surface area contributed by atoms with E-state index in [2.05, 4.69) is 5.32 Å². The van der Waals surface area contributed by atoms with E-state index in [9.17, 15) is 9.59 Å². The Hall–Kier alpha value is -2.82. The van der Waals surface area contributed by atoms with Gasteiger partial charge in [-0.1, -0.05) is 37.6 Å². The largest absolute Gasteiger partial charge is 0.493 e. The summed E-state index contributed by atoms with van der Waals surface area (Å²) in [5.41, 5.74) is 3.14. The summed E-state index contributed by atoms with van der Waals surface area (Å²) >= 11 is 0.